The van der Waals surface area contributed by atoms with E-state index in [1.54, 1.807) is 16.7 Å². The van der Waals surface area contributed by atoms with E-state index < -0.39 is 5.60 Å². The van der Waals surface area contributed by atoms with Crippen molar-refractivity contribution < 1.29 is 19.1 Å². The summed E-state index contributed by atoms with van der Waals surface area (Å²) in [5.74, 6) is 0. The molecule has 2 rings (SSSR count). The molecule has 1 amide bonds. The van der Waals surface area contributed by atoms with Gasteiger partial charge >= 0.3 is 6.09 Å². The van der Waals surface area contributed by atoms with Gasteiger partial charge < -0.3 is 9.64 Å². The van der Waals surface area contributed by atoms with Crippen LogP contribution in [-0.4, -0.2) is 30.2 Å². The predicted octanol–water partition coefficient (Wildman–Crippen LogP) is 1.33. The molecule has 0 aromatic carbocycles. The van der Waals surface area contributed by atoms with E-state index in [1.165, 1.54) is 0 Å². The van der Waals surface area contributed by atoms with Crippen molar-refractivity contribution >= 4 is 6.09 Å². The maximum Gasteiger partial charge on any atom is 0.410 e. The first-order valence-electron chi connectivity index (χ1n) is 6.45. The number of carbonyl (C=O) groups is 1. The lowest BCUT2D eigenvalue weighted by atomic mass is 10.1. The fourth-order valence-corrected chi connectivity index (χ4v) is 2.16. The SMILES string of the molecule is CO[n+]1cccc2c1CCN(C(=O)OC(C)(C)C)C2. The van der Waals surface area contributed by atoms with Crippen LogP contribution >= 0.6 is 0 Å². The van der Waals surface area contributed by atoms with Gasteiger partial charge in [0.2, 0.25) is 11.9 Å². The van der Waals surface area contributed by atoms with E-state index in [0.29, 0.717) is 13.1 Å². The number of nitrogens with zero attached hydrogens (tertiary/aromatic N) is 2. The van der Waals surface area contributed by atoms with Crippen molar-refractivity contribution in [2.24, 2.45) is 0 Å². The molecule has 2 heterocycles. The molecule has 0 saturated carbocycles. The number of fused-ring (bicyclic) bond motifs is 1. The molecule has 0 N–H and O–H groups in total. The van der Waals surface area contributed by atoms with E-state index in [4.69, 9.17) is 9.57 Å². The van der Waals surface area contributed by atoms with Crippen LogP contribution in [0.2, 0.25) is 0 Å². The number of pyridine rings is 1. The van der Waals surface area contributed by atoms with Crippen LogP contribution in [0.1, 0.15) is 32.0 Å². The van der Waals surface area contributed by atoms with E-state index >= 15 is 0 Å². The van der Waals surface area contributed by atoms with E-state index in [1.807, 2.05) is 39.1 Å². The predicted molar refractivity (Wildman–Crippen MR) is 69.5 cm³/mol. The maximum atomic E-state index is 12.0. The molecular formula is C14H21N2O3+. The van der Waals surface area contributed by atoms with E-state index in [-0.39, 0.29) is 6.09 Å². The van der Waals surface area contributed by atoms with Gasteiger partial charge in [0.15, 0.2) is 0 Å². The van der Waals surface area contributed by atoms with Gasteiger partial charge in [0, 0.05) is 22.9 Å². The number of hydrogen-bond acceptors (Lipinski definition) is 3. The number of aromatic nitrogens is 1. The van der Waals surface area contributed by atoms with Gasteiger partial charge in [-0.05, 0) is 26.8 Å². The second-order valence-corrected chi connectivity index (χ2v) is 5.64. The number of rotatable bonds is 1. The van der Waals surface area contributed by atoms with Gasteiger partial charge in [-0.2, -0.15) is 0 Å². The van der Waals surface area contributed by atoms with Gasteiger partial charge in [0.1, 0.15) is 12.7 Å². The molecule has 0 unspecified atom stereocenters. The zero-order chi connectivity index (χ0) is 14.0. The molecule has 104 valence electrons. The zero-order valence-corrected chi connectivity index (χ0v) is 12.0. The number of carbonyl (C=O) groups excluding carboxylic acids is 1. The molecule has 1 aliphatic heterocycles. The van der Waals surface area contributed by atoms with Crippen molar-refractivity contribution in [2.45, 2.75) is 39.3 Å². The summed E-state index contributed by atoms with van der Waals surface area (Å²) in [5, 5.41) is 0. The summed E-state index contributed by atoms with van der Waals surface area (Å²) >= 11 is 0. The summed E-state index contributed by atoms with van der Waals surface area (Å²) in [6.45, 7) is 6.84. The molecular weight excluding hydrogens is 244 g/mol. The van der Waals surface area contributed by atoms with E-state index in [0.717, 1.165) is 17.7 Å². The molecule has 5 heteroatoms. The highest BCUT2D eigenvalue weighted by Crippen LogP contribution is 2.18. The van der Waals surface area contributed by atoms with Crippen molar-refractivity contribution in [2.75, 3.05) is 13.7 Å². The minimum Gasteiger partial charge on any atom is -0.444 e. The molecule has 0 atom stereocenters. The van der Waals surface area contributed by atoms with Crippen molar-refractivity contribution in [3.63, 3.8) is 0 Å². The smallest absolute Gasteiger partial charge is 0.410 e. The van der Waals surface area contributed by atoms with Crippen LogP contribution < -0.4 is 9.57 Å². The Kier molecular flexibility index (Phi) is 3.64. The fourth-order valence-electron chi connectivity index (χ4n) is 2.16. The van der Waals surface area contributed by atoms with Gasteiger partial charge in [-0.3, -0.25) is 4.84 Å². The molecule has 0 aliphatic carbocycles. The monoisotopic (exact) mass is 265 g/mol. The Labute approximate surface area is 113 Å². The van der Waals surface area contributed by atoms with Gasteiger partial charge in [0.05, 0.1) is 13.0 Å². The lowest BCUT2D eigenvalue weighted by molar-refractivity contribution is -0.891. The van der Waals surface area contributed by atoms with Crippen molar-refractivity contribution in [3.8, 4) is 0 Å². The lowest BCUT2D eigenvalue weighted by Gasteiger charge is -2.29. The van der Waals surface area contributed by atoms with Crippen LogP contribution in [0.15, 0.2) is 18.3 Å². The van der Waals surface area contributed by atoms with Crippen molar-refractivity contribution in [3.05, 3.63) is 29.6 Å². The minimum absolute atomic E-state index is 0.258. The van der Waals surface area contributed by atoms with Gasteiger partial charge in [-0.25, -0.2) is 4.79 Å². The van der Waals surface area contributed by atoms with Crippen LogP contribution in [0, 0.1) is 0 Å². The molecule has 0 saturated heterocycles. The molecule has 19 heavy (non-hydrogen) atoms. The first-order chi connectivity index (χ1) is 8.90. The quantitative estimate of drug-likeness (QED) is 0.719. The van der Waals surface area contributed by atoms with Gasteiger partial charge in [0.25, 0.3) is 0 Å². The molecule has 1 aromatic heterocycles. The Balaban J connectivity index is 2.12. The third kappa shape index (κ3) is 3.16. The Bertz CT molecular complexity index is 480. The standard InChI is InChI=1S/C14H21N2O3/c1-14(2,3)19-13(17)15-9-7-12-11(10-15)6-5-8-16(12)18-4/h5-6,8H,7,9-10H2,1-4H3/q+1. The number of hydrogen-bond donors (Lipinski definition) is 0. The lowest BCUT2D eigenvalue weighted by Crippen LogP contribution is -2.49. The van der Waals surface area contributed by atoms with Crippen LogP contribution in [-0.2, 0) is 17.7 Å². The number of ether oxygens (including phenoxy) is 1. The first kappa shape index (κ1) is 13.6. The molecule has 0 radical (unpaired) electrons. The topological polar surface area (TPSA) is 42.7 Å². The molecule has 1 aromatic rings. The van der Waals surface area contributed by atoms with E-state index in [9.17, 15) is 4.79 Å². The van der Waals surface area contributed by atoms with Gasteiger partial charge in [-0.1, -0.05) is 0 Å². The second-order valence-electron chi connectivity index (χ2n) is 5.64. The van der Waals surface area contributed by atoms with Crippen LogP contribution in [0.5, 0.6) is 0 Å². The van der Waals surface area contributed by atoms with Gasteiger partial charge in [-0.15, -0.1) is 0 Å². The zero-order valence-electron chi connectivity index (χ0n) is 12.0. The van der Waals surface area contributed by atoms with Crippen molar-refractivity contribution in [1.29, 1.82) is 0 Å². The molecule has 0 spiro atoms. The minimum atomic E-state index is -0.458. The second kappa shape index (κ2) is 5.07. The third-order valence-electron chi connectivity index (χ3n) is 2.98. The largest absolute Gasteiger partial charge is 0.444 e. The maximum absolute atomic E-state index is 12.0. The summed E-state index contributed by atoms with van der Waals surface area (Å²) in [5.41, 5.74) is 1.76. The fraction of sp³-hybridized carbons (Fsp3) is 0.571. The van der Waals surface area contributed by atoms with Crippen LogP contribution in [0.3, 0.4) is 0 Å². The van der Waals surface area contributed by atoms with Crippen molar-refractivity contribution in [1.82, 2.24) is 4.90 Å². The van der Waals surface area contributed by atoms with E-state index in [2.05, 4.69) is 0 Å². The third-order valence-corrected chi connectivity index (χ3v) is 2.98. The van der Waals surface area contributed by atoms with Crippen LogP contribution in [0.4, 0.5) is 4.79 Å². The highest BCUT2D eigenvalue weighted by Gasteiger charge is 2.30. The average Bonchev–Trinajstić information content (AvgIpc) is 2.35. The molecule has 1 aliphatic rings. The summed E-state index contributed by atoms with van der Waals surface area (Å²) in [6.07, 6.45) is 2.39. The normalized spacial score (nSPS) is 14.8. The summed E-state index contributed by atoms with van der Waals surface area (Å²) in [6, 6.07) is 3.93. The molecule has 0 bridgehead atoms. The first-order valence-corrected chi connectivity index (χ1v) is 6.45. The summed E-state index contributed by atoms with van der Waals surface area (Å²) < 4.78 is 7.15. The Morgan fingerprint density at radius 1 is 1.42 bits per heavy atom. The summed E-state index contributed by atoms with van der Waals surface area (Å²) in [7, 11) is 1.64. The van der Waals surface area contributed by atoms with Crippen LogP contribution in [0.25, 0.3) is 0 Å². The highest BCUT2D eigenvalue weighted by molar-refractivity contribution is 5.68. The molecule has 0 fully saturated rings. The molecule has 5 nitrogen and oxygen atoms in total. The Hall–Kier alpha value is -1.78. The highest BCUT2D eigenvalue weighted by atomic mass is 16.6. The number of amides is 1. The summed E-state index contributed by atoms with van der Waals surface area (Å²) in [4.78, 5) is 19.0. The average molecular weight is 265 g/mol. The Morgan fingerprint density at radius 3 is 2.79 bits per heavy atom. The Morgan fingerprint density at radius 2 is 2.16 bits per heavy atom.